The quantitative estimate of drug-likeness (QED) is 0.783. The lowest BCUT2D eigenvalue weighted by molar-refractivity contribution is 0.249. The van der Waals surface area contributed by atoms with Gasteiger partial charge in [0.2, 0.25) is 0 Å². The molecule has 2 aromatic rings. The van der Waals surface area contributed by atoms with Crippen LogP contribution in [0.1, 0.15) is 23.4 Å². The number of nitrogens with zero attached hydrogens (tertiary/aromatic N) is 1. The highest BCUT2D eigenvalue weighted by molar-refractivity contribution is 7.16. The first-order valence-corrected chi connectivity index (χ1v) is 6.09. The van der Waals surface area contributed by atoms with E-state index in [-0.39, 0.29) is 12.1 Å². The van der Waals surface area contributed by atoms with Crippen molar-refractivity contribution in [2.45, 2.75) is 19.9 Å². The predicted molar refractivity (Wildman–Crippen MR) is 68.2 cm³/mol. The van der Waals surface area contributed by atoms with Gasteiger partial charge in [0, 0.05) is 16.6 Å². The second-order valence-corrected chi connectivity index (χ2v) is 5.05. The van der Waals surface area contributed by atoms with Crippen LogP contribution in [0, 0.1) is 6.92 Å². The highest BCUT2D eigenvalue weighted by Crippen LogP contribution is 2.20. The molecule has 0 aliphatic heterocycles. The summed E-state index contributed by atoms with van der Waals surface area (Å²) in [5, 5.41) is 13.0. The van der Waals surface area contributed by atoms with Gasteiger partial charge in [-0.05, 0) is 26.0 Å². The van der Waals surface area contributed by atoms with Gasteiger partial charge in [-0.15, -0.1) is 11.3 Å². The highest BCUT2D eigenvalue weighted by Gasteiger charge is 2.10. The third kappa shape index (κ3) is 3.07. The first-order chi connectivity index (χ1) is 8.15. The third-order valence-corrected chi connectivity index (χ3v) is 3.26. The molecule has 2 aromatic heterocycles. The van der Waals surface area contributed by atoms with Crippen LogP contribution in [-0.2, 0) is 0 Å². The molecule has 3 N–H and O–H groups in total. The van der Waals surface area contributed by atoms with E-state index in [1.54, 1.807) is 23.7 Å². The number of H-pyrrole nitrogens is 1. The molecule has 0 saturated carbocycles. The minimum Gasteiger partial charge on any atom is -0.331 e. The van der Waals surface area contributed by atoms with Gasteiger partial charge < -0.3 is 5.32 Å². The average Bonchev–Trinajstić information content (AvgIpc) is 2.89. The second-order valence-electron chi connectivity index (χ2n) is 3.76. The molecule has 0 spiro atoms. The van der Waals surface area contributed by atoms with Crippen LogP contribution >= 0.6 is 11.3 Å². The Balaban J connectivity index is 1.89. The zero-order chi connectivity index (χ0) is 12.3. The largest absolute Gasteiger partial charge is 0.331 e. The average molecular weight is 250 g/mol. The molecule has 0 unspecified atom stereocenters. The van der Waals surface area contributed by atoms with E-state index in [2.05, 4.69) is 20.8 Å². The number of thiophene rings is 1. The number of hydrogen-bond donors (Lipinski definition) is 3. The van der Waals surface area contributed by atoms with E-state index >= 15 is 0 Å². The van der Waals surface area contributed by atoms with Crippen molar-refractivity contribution < 1.29 is 4.79 Å². The van der Waals surface area contributed by atoms with Crippen LogP contribution in [0.15, 0.2) is 24.5 Å². The lowest BCUT2D eigenvalue weighted by Gasteiger charge is -2.12. The summed E-state index contributed by atoms with van der Waals surface area (Å²) in [6, 6.07) is 3.58. The van der Waals surface area contributed by atoms with E-state index in [4.69, 9.17) is 0 Å². The first kappa shape index (κ1) is 11.7. The fourth-order valence-electron chi connectivity index (χ4n) is 1.43. The lowest BCUT2D eigenvalue weighted by Crippen LogP contribution is -2.30. The number of hydrogen-bond acceptors (Lipinski definition) is 3. The van der Waals surface area contributed by atoms with Gasteiger partial charge in [-0.25, -0.2) is 4.79 Å². The Hall–Kier alpha value is -1.82. The number of carbonyl (C=O) groups is 1. The van der Waals surface area contributed by atoms with Crippen molar-refractivity contribution in [3.63, 3.8) is 0 Å². The molecule has 2 rings (SSSR count). The lowest BCUT2D eigenvalue weighted by atomic mass is 10.2. The molecule has 0 aromatic carbocycles. The van der Waals surface area contributed by atoms with Crippen molar-refractivity contribution in [2.75, 3.05) is 5.32 Å². The third-order valence-electron chi connectivity index (χ3n) is 2.34. The molecule has 0 fully saturated rings. The zero-order valence-corrected chi connectivity index (χ0v) is 10.5. The Morgan fingerprint density at radius 1 is 1.53 bits per heavy atom. The van der Waals surface area contributed by atoms with Crippen LogP contribution in [0.3, 0.4) is 0 Å². The Kier molecular flexibility index (Phi) is 3.43. The molecular formula is C11H14N4OS. The van der Waals surface area contributed by atoms with E-state index in [9.17, 15) is 4.79 Å². The van der Waals surface area contributed by atoms with Crippen LogP contribution in [0.2, 0.25) is 0 Å². The molecule has 1 atom stereocenters. The molecule has 0 aliphatic rings. The Bertz CT molecular complexity index is 491. The molecule has 0 radical (unpaired) electrons. The normalized spacial score (nSPS) is 12.1. The van der Waals surface area contributed by atoms with E-state index in [0.717, 1.165) is 10.6 Å². The topological polar surface area (TPSA) is 69.8 Å². The van der Waals surface area contributed by atoms with Gasteiger partial charge in [0.25, 0.3) is 0 Å². The first-order valence-electron chi connectivity index (χ1n) is 5.28. The van der Waals surface area contributed by atoms with Gasteiger partial charge in [-0.1, -0.05) is 0 Å². The Morgan fingerprint density at radius 3 is 2.94 bits per heavy atom. The fourth-order valence-corrected chi connectivity index (χ4v) is 2.19. The van der Waals surface area contributed by atoms with E-state index in [0.29, 0.717) is 0 Å². The van der Waals surface area contributed by atoms with Gasteiger partial charge >= 0.3 is 6.03 Å². The van der Waals surface area contributed by atoms with Crippen molar-refractivity contribution in [2.24, 2.45) is 0 Å². The van der Waals surface area contributed by atoms with E-state index in [1.165, 1.54) is 4.88 Å². The second kappa shape index (κ2) is 5.01. The van der Waals surface area contributed by atoms with E-state index < -0.39 is 0 Å². The van der Waals surface area contributed by atoms with Crippen LogP contribution in [0.4, 0.5) is 9.80 Å². The van der Waals surface area contributed by atoms with Crippen molar-refractivity contribution >= 4 is 22.4 Å². The SMILES string of the molecule is Cc1ccc(NC(=O)N[C@@H](C)c2cn[nH]c2)s1. The summed E-state index contributed by atoms with van der Waals surface area (Å²) in [4.78, 5) is 12.9. The highest BCUT2D eigenvalue weighted by atomic mass is 32.1. The molecule has 17 heavy (non-hydrogen) atoms. The number of aromatic nitrogens is 2. The molecule has 90 valence electrons. The number of nitrogens with one attached hydrogen (secondary N) is 3. The van der Waals surface area contributed by atoms with Crippen molar-refractivity contribution in [1.82, 2.24) is 15.5 Å². The molecule has 0 saturated heterocycles. The van der Waals surface area contributed by atoms with Crippen LogP contribution in [0.25, 0.3) is 0 Å². The maximum atomic E-state index is 11.7. The molecule has 0 bridgehead atoms. The number of aromatic amines is 1. The van der Waals surface area contributed by atoms with Gasteiger partial charge in [0.1, 0.15) is 0 Å². The number of urea groups is 1. The Labute approximate surface area is 103 Å². The molecule has 5 nitrogen and oxygen atoms in total. The minimum absolute atomic E-state index is 0.0743. The monoisotopic (exact) mass is 250 g/mol. The summed E-state index contributed by atoms with van der Waals surface area (Å²) in [6.45, 7) is 3.91. The number of rotatable bonds is 3. The van der Waals surface area contributed by atoms with Crippen LogP contribution < -0.4 is 10.6 Å². The number of carbonyl (C=O) groups excluding carboxylic acids is 1. The summed E-state index contributed by atoms with van der Waals surface area (Å²) in [5.74, 6) is 0. The maximum absolute atomic E-state index is 11.7. The number of anilines is 1. The van der Waals surface area contributed by atoms with Gasteiger partial charge in [0.05, 0.1) is 17.2 Å². The Morgan fingerprint density at radius 2 is 2.35 bits per heavy atom. The molecule has 2 heterocycles. The molecule has 0 aliphatic carbocycles. The number of amides is 2. The fraction of sp³-hybridized carbons (Fsp3) is 0.273. The van der Waals surface area contributed by atoms with Gasteiger partial charge in [0.15, 0.2) is 0 Å². The van der Waals surface area contributed by atoms with Crippen LogP contribution in [-0.4, -0.2) is 16.2 Å². The summed E-state index contributed by atoms with van der Waals surface area (Å²) in [6.07, 6.45) is 3.46. The van der Waals surface area contributed by atoms with Crippen molar-refractivity contribution in [3.05, 3.63) is 35.0 Å². The predicted octanol–water partition coefficient (Wildman–Crippen LogP) is 2.66. The minimum atomic E-state index is -0.208. The summed E-state index contributed by atoms with van der Waals surface area (Å²) in [7, 11) is 0. The summed E-state index contributed by atoms with van der Waals surface area (Å²) in [5.41, 5.74) is 0.947. The van der Waals surface area contributed by atoms with Crippen LogP contribution in [0.5, 0.6) is 0 Å². The number of aryl methyl sites for hydroxylation is 1. The smallest absolute Gasteiger partial charge is 0.320 e. The maximum Gasteiger partial charge on any atom is 0.320 e. The molecule has 2 amide bonds. The summed E-state index contributed by atoms with van der Waals surface area (Å²) < 4.78 is 0. The van der Waals surface area contributed by atoms with Crippen molar-refractivity contribution in [3.8, 4) is 0 Å². The molecule has 6 heteroatoms. The molecular weight excluding hydrogens is 236 g/mol. The standard InChI is InChI=1S/C11H14N4OS/c1-7-3-4-10(17-7)15-11(16)14-8(2)9-5-12-13-6-9/h3-6,8H,1-2H3,(H,12,13)(H2,14,15,16)/t8-/m0/s1. The van der Waals surface area contributed by atoms with Crippen molar-refractivity contribution in [1.29, 1.82) is 0 Å². The zero-order valence-electron chi connectivity index (χ0n) is 9.65. The van der Waals surface area contributed by atoms with E-state index in [1.807, 2.05) is 26.0 Å². The summed E-state index contributed by atoms with van der Waals surface area (Å²) >= 11 is 1.55. The van der Waals surface area contributed by atoms with Gasteiger partial charge in [-0.3, -0.25) is 10.4 Å². The van der Waals surface area contributed by atoms with Gasteiger partial charge in [-0.2, -0.15) is 5.10 Å².